The minimum absolute atomic E-state index is 0.0362. The maximum Gasteiger partial charge on any atom is 0.270 e. The fourth-order valence-electron chi connectivity index (χ4n) is 2.09. The van der Waals surface area contributed by atoms with E-state index >= 15 is 0 Å². The first-order valence-corrected chi connectivity index (χ1v) is 5.56. The Labute approximate surface area is 107 Å². The number of nitro groups is 1. The van der Waals surface area contributed by atoms with Crippen molar-refractivity contribution in [1.29, 1.82) is 0 Å². The summed E-state index contributed by atoms with van der Waals surface area (Å²) in [6.07, 6.45) is 0. The number of hydrogen-bond acceptors (Lipinski definition) is 3. The second-order valence-corrected chi connectivity index (χ2v) is 4.35. The van der Waals surface area contributed by atoms with Crippen molar-refractivity contribution in [2.24, 2.45) is 0 Å². The van der Waals surface area contributed by atoms with Gasteiger partial charge in [-0.05, 0) is 24.3 Å². The number of nitrogens with zero attached hydrogens (tertiary/aromatic N) is 2. The average molecular weight is 262 g/mol. The van der Waals surface area contributed by atoms with E-state index in [2.05, 4.69) is 0 Å². The highest BCUT2D eigenvalue weighted by molar-refractivity contribution is 6.26. The van der Waals surface area contributed by atoms with E-state index in [-0.39, 0.29) is 5.69 Å². The number of non-ortho nitro benzene ring substituents is 1. The Morgan fingerprint density at radius 1 is 1.11 bits per heavy atom. The molecule has 0 aliphatic heterocycles. The number of rotatable bonds is 1. The molecule has 0 bridgehead atoms. The van der Waals surface area contributed by atoms with Gasteiger partial charge in [-0.25, -0.2) is 0 Å². The minimum Gasteiger partial charge on any atom is -0.399 e. The molecule has 0 radical (unpaired) electrons. The number of nitrogens with two attached hydrogens (primary N) is 1. The maximum absolute atomic E-state index is 10.8. The average Bonchev–Trinajstić information content (AvgIpc) is 2.62. The highest BCUT2D eigenvalue weighted by atomic mass is 35.5. The third-order valence-electron chi connectivity index (χ3n) is 2.92. The van der Waals surface area contributed by atoms with E-state index in [1.807, 2.05) is 0 Å². The molecule has 0 amide bonds. The fourth-order valence-corrected chi connectivity index (χ4v) is 2.39. The fraction of sp³-hybridized carbons (Fsp3) is 0. The molecule has 3 aromatic rings. The van der Waals surface area contributed by atoms with Gasteiger partial charge >= 0.3 is 0 Å². The zero-order chi connectivity index (χ0) is 12.9. The summed E-state index contributed by atoms with van der Waals surface area (Å²) in [5.74, 6) is 0. The summed E-state index contributed by atoms with van der Waals surface area (Å²) in [5, 5.41) is 12.3. The number of halogens is 1. The van der Waals surface area contributed by atoms with E-state index in [4.69, 9.17) is 17.5 Å². The van der Waals surface area contributed by atoms with Crippen LogP contribution >= 0.6 is 11.8 Å². The van der Waals surface area contributed by atoms with E-state index < -0.39 is 4.92 Å². The summed E-state index contributed by atoms with van der Waals surface area (Å²) in [6.45, 7) is 0. The molecule has 0 atom stereocenters. The van der Waals surface area contributed by atoms with E-state index in [0.29, 0.717) is 5.69 Å². The Hall–Kier alpha value is -2.27. The van der Waals surface area contributed by atoms with Gasteiger partial charge in [0.05, 0.1) is 16.0 Å². The third-order valence-corrected chi connectivity index (χ3v) is 3.29. The van der Waals surface area contributed by atoms with Crippen LogP contribution in [0.4, 0.5) is 11.4 Å². The molecule has 0 aliphatic rings. The molecule has 6 heteroatoms. The standard InChI is InChI=1S/C12H8ClN3O2/c13-15-11-3-1-7(14)5-9(11)10-6-8(16(17)18)2-4-12(10)15/h1-6H,14H2. The first-order chi connectivity index (χ1) is 8.58. The van der Waals surface area contributed by atoms with Crippen molar-refractivity contribution in [3.63, 3.8) is 0 Å². The Balaban J connectivity index is 2.50. The number of aromatic nitrogens is 1. The van der Waals surface area contributed by atoms with Crippen LogP contribution in [0.3, 0.4) is 0 Å². The lowest BCUT2D eigenvalue weighted by Gasteiger charge is -1.94. The largest absolute Gasteiger partial charge is 0.399 e. The van der Waals surface area contributed by atoms with E-state index in [9.17, 15) is 10.1 Å². The molecule has 0 spiro atoms. The van der Waals surface area contributed by atoms with Gasteiger partial charge in [-0.15, -0.1) is 0 Å². The molecule has 3 rings (SSSR count). The van der Waals surface area contributed by atoms with E-state index in [1.165, 1.54) is 16.2 Å². The van der Waals surface area contributed by atoms with Crippen molar-refractivity contribution in [3.05, 3.63) is 46.5 Å². The normalized spacial score (nSPS) is 11.2. The number of anilines is 1. The smallest absolute Gasteiger partial charge is 0.270 e. The molecule has 0 saturated carbocycles. The molecule has 5 nitrogen and oxygen atoms in total. The number of hydrogen-bond donors (Lipinski definition) is 1. The summed E-state index contributed by atoms with van der Waals surface area (Å²) >= 11 is 6.18. The minimum atomic E-state index is -0.427. The topological polar surface area (TPSA) is 74.1 Å². The highest BCUT2D eigenvalue weighted by Gasteiger charge is 2.13. The molecule has 0 saturated heterocycles. The van der Waals surface area contributed by atoms with Gasteiger partial charge in [0.25, 0.3) is 5.69 Å². The van der Waals surface area contributed by atoms with E-state index in [1.54, 1.807) is 24.3 Å². The van der Waals surface area contributed by atoms with Gasteiger partial charge in [0.15, 0.2) is 0 Å². The summed E-state index contributed by atoms with van der Waals surface area (Å²) in [4.78, 5) is 10.4. The maximum atomic E-state index is 10.8. The highest BCUT2D eigenvalue weighted by Crippen LogP contribution is 2.33. The molecular formula is C12H8ClN3O2. The molecule has 18 heavy (non-hydrogen) atoms. The Kier molecular flexibility index (Phi) is 2.18. The summed E-state index contributed by atoms with van der Waals surface area (Å²) in [7, 11) is 0. The summed E-state index contributed by atoms with van der Waals surface area (Å²) in [6, 6.07) is 9.88. The van der Waals surface area contributed by atoms with Crippen molar-refractivity contribution in [2.45, 2.75) is 0 Å². The molecule has 2 aromatic carbocycles. The number of fused-ring (bicyclic) bond motifs is 3. The predicted molar refractivity (Wildman–Crippen MR) is 71.8 cm³/mol. The lowest BCUT2D eigenvalue weighted by Crippen LogP contribution is -1.87. The first-order valence-electron chi connectivity index (χ1n) is 5.22. The first kappa shape index (κ1) is 10.9. The van der Waals surface area contributed by atoms with Crippen molar-refractivity contribution >= 4 is 45.0 Å². The van der Waals surface area contributed by atoms with Crippen LogP contribution in [0.2, 0.25) is 0 Å². The van der Waals surface area contributed by atoms with Gasteiger partial charge in [-0.1, -0.05) is 0 Å². The van der Waals surface area contributed by atoms with Gasteiger partial charge in [0.2, 0.25) is 0 Å². The Bertz CT molecular complexity index is 795. The molecule has 90 valence electrons. The third kappa shape index (κ3) is 1.41. The molecule has 0 fully saturated rings. The number of nitrogen functional groups attached to an aromatic ring is 1. The Morgan fingerprint density at radius 2 is 1.72 bits per heavy atom. The summed E-state index contributed by atoms with van der Waals surface area (Å²) < 4.78 is 1.48. The van der Waals surface area contributed by atoms with E-state index in [0.717, 1.165) is 21.8 Å². The van der Waals surface area contributed by atoms with Crippen LogP contribution in [0.5, 0.6) is 0 Å². The van der Waals surface area contributed by atoms with Crippen molar-refractivity contribution in [2.75, 3.05) is 5.73 Å². The van der Waals surface area contributed by atoms with Crippen LogP contribution in [0.1, 0.15) is 0 Å². The second kappa shape index (κ2) is 3.61. The van der Waals surface area contributed by atoms with Crippen molar-refractivity contribution in [1.82, 2.24) is 4.09 Å². The van der Waals surface area contributed by atoms with Gasteiger partial charge in [-0.3, -0.25) is 14.2 Å². The van der Waals surface area contributed by atoms with Crippen molar-refractivity contribution in [3.8, 4) is 0 Å². The van der Waals surface area contributed by atoms with Crippen LogP contribution in [-0.4, -0.2) is 9.01 Å². The van der Waals surface area contributed by atoms with Crippen LogP contribution in [0.15, 0.2) is 36.4 Å². The van der Waals surface area contributed by atoms with Gasteiger partial charge in [-0.2, -0.15) is 0 Å². The lowest BCUT2D eigenvalue weighted by molar-refractivity contribution is -0.384. The zero-order valence-corrected chi connectivity index (χ0v) is 9.89. The monoisotopic (exact) mass is 261 g/mol. The Morgan fingerprint density at radius 3 is 2.39 bits per heavy atom. The van der Waals surface area contributed by atoms with Gasteiger partial charge in [0.1, 0.15) is 0 Å². The molecular weight excluding hydrogens is 254 g/mol. The van der Waals surface area contributed by atoms with Gasteiger partial charge < -0.3 is 5.73 Å². The molecule has 0 unspecified atom stereocenters. The molecule has 1 aromatic heterocycles. The molecule has 1 heterocycles. The SMILES string of the molecule is Nc1ccc2c(c1)c1cc([N+](=O)[O-])ccc1n2Cl. The lowest BCUT2D eigenvalue weighted by atomic mass is 10.1. The molecule has 0 aliphatic carbocycles. The molecule has 2 N–H and O–H groups in total. The predicted octanol–water partition coefficient (Wildman–Crippen LogP) is 3.29. The summed E-state index contributed by atoms with van der Waals surface area (Å²) in [5.41, 5.74) is 7.87. The second-order valence-electron chi connectivity index (χ2n) is 4.02. The zero-order valence-electron chi connectivity index (χ0n) is 9.13. The van der Waals surface area contributed by atoms with Crippen molar-refractivity contribution < 1.29 is 4.92 Å². The quantitative estimate of drug-likeness (QED) is 0.415. The van der Waals surface area contributed by atoms with Crippen LogP contribution in [0, 0.1) is 10.1 Å². The number of nitro benzene ring substituents is 1. The van der Waals surface area contributed by atoms with Gasteiger partial charge in [0, 0.05) is 40.4 Å². The van der Waals surface area contributed by atoms with Crippen LogP contribution < -0.4 is 5.73 Å². The number of benzene rings is 2. The van der Waals surface area contributed by atoms with Crippen LogP contribution in [-0.2, 0) is 0 Å². The van der Waals surface area contributed by atoms with Crippen LogP contribution in [0.25, 0.3) is 21.8 Å².